The molecule has 1 unspecified atom stereocenters. The molecule has 1 atom stereocenters. The molecule has 0 saturated carbocycles. The third kappa shape index (κ3) is 4.34. The van der Waals surface area contributed by atoms with Crippen LogP contribution in [0.3, 0.4) is 0 Å². The van der Waals surface area contributed by atoms with Gasteiger partial charge in [-0.25, -0.2) is 0 Å². The van der Waals surface area contributed by atoms with E-state index in [0.29, 0.717) is 31.9 Å². The maximum Gasteiger partial charge on any atom is 0.264 e. The molecule has 1 amide bonds. The van der Waals surface area contributed by atoms with Crippen molar-refractivity contribution >= 4 is 33.2 Å². The van der Waals surface area contributed by atoms with Crippen molar-refractivity contribution in [2.75, 3.05) is 31.2 Å². The smallest absolute Gasteiger partial charge is 0.264 e. The summed E-state index contributed by atoms with van der Waals surface area (Å²) in [4.78, 5) is 24.5. The highest BCUT2D eigenvalue weighted by molar-refractivity contribution is 9.10. The van der Waals surface area contributed by atoms with Gasteiger partial charge < -0.3 is 19.8 Å². The highest BCUT2D eigenvalue weighted by Crippen LogP contribution is 2.26. The van der Waals surface area contributed by atoms with Gasteiger partial charge >= 0.3 is 0 Å². The van der Waals surface area contributed by atoms with Gasteiger partial charge in [0, 0.05) is 42.4 Å². The van der Waals surface area contributed by atoms with E-state index in [1.165, 1.54) is 0 Å². The topological polar surface area (TPSA) is 76.1 Å². The average Bonchev–Trinajstić information content (AvgIpc) is 3.24. The number of aromatic nitrogens is 1. The molecule has 146 valence electrons. The summed E-state index contributed by atoms with van der Waals surface area (Å²) in [6.07, 6.45) is 1.49. The maximum absolute atomic E-state index is 12.6. The van der Waals surface area contributed by atoms with Crippen LogP contribution in [0.4, 0.5) is 5.69 Å². The molecule has 4 rings (SSSR count). The Bertz CT molecular complexity index is 869. The lowest BCUT2D eigenvalue weighted by molar-refractivity contribution is -0.131. The van der Waals surface area contributed by atoms with Crippen molar-refractivity contribution in [1.29, 1.82) is 0 Å². The largest absolute Gasteiger partial charge is 0.382 e. The first-order valence-corrected chi connectivity index (χ1v) is 10.0. The molecule has 0 aliphatic carbocycles. The lowest BCUT2D eigenvalue weighted by Gasteiger charge is -2.31. The zero-order valence-corrected chi connectivity index (χ0v) is 16.9. The first-order chi connectivity index (χ1) is 13.7. The van der Waals surface area contributed by atoms with Gasteiger partial charge in [-0.2, -0.15) is 0 Å². The molecule has 3 heterocycles. The highest BCUT2D eigenvalue weighted by Gasteiger charge is 2.29. The Morgan fingerprint density at radius 1 is 1.25 bits per heavy atom. The second-order valence-corrected chi connectivity index (χ2v) is 7.56. The van der Waals surface area contributed by atoms with Crippen LogP contribution in [0.25, 0.3) is 0 Å². The Labute approximate surface area is 171 Å². The molecule has 28 heavy (non-hydrogen) atoms. The fourth-order valence-electron chi connectivity index (χ4n) is 3.28. The quantitative estimate of drug-likeness (QED) is 0.766. The van der Waals surface area contributed by atoms with Crippen molar-refractivity contribution in [1.82, 2.24) is 10.3 Å². The van der Waals surface area contributed by atoms with E-state index < -0.39 is 6.10 Å². The number of anilines is 1. The SMILES string of the molecule is O=C(NCc1ccc(Br)cc1N1CCOCC1)C1CC(c2ccccn2)=NO1. The van der Waals surface area contributed by atoms with Crippen LogP contribution >= 0.6 is 15.9 Å². The highest BCUT2D eigenvalue weighted by atomic mass is 79.9. The van der Waals surface area contributed by atoms with Crippen molar-refractivity contribution in [2.45, 2.75) is 19.1 Å². The van der Waals surface area contributed by atoms with Crippen LogP contribution in [-0.4, -0.2) is 49.0 Å². The Hall–Kier alpha value is -2.45. The summed E-state index contributed by atoms with van der Waals surface area (Å²) in [5, 5.41) is 7.01. The summed E-state index contributed by atoms with van der Waals surface area (Å²) in [7, 11) is 0. The second kappa shape index (κ2) is 8.70. The monoisotopic (exact) mass is 444 g/mol. The number of pyridine rings is 1. The molecule has 8 heteroatoms. The fourth-order valence-corrected chi connectivity index (χ4v) is 3.63. The van der Waals surface area contributed by atoms with Crippen LogP contribution in [0.1, 0.15) is 17.7 Å². The Kier molecular flexibility index (Phi) is 5.87. The maximum atomic E-state index is 12.6. The van der Waals surface area contributed by atoms with Crippen molar-refractivity contribution in [3.05, 3.63) is 58.3 Å². The molecule has 1 aromatic heterocycles. The number of carbonyl (C=O) groups is 1. The number of hydrogen-bond acceptors (Lipinski definition) is 6. The molecular formula is C20H21BrN4O3. The van der Waals surface area contributed by atoms with Gasteiger partial charge in [0.2, 0.25) is 6.10 Å². The first-order valence-electron chi connectivity index (χ1n) is 9.23. The predicted octanol–water partition coefficient (Wildman–Crippen LogP) is 2.49. The van der Waals surface area contributed by atoms with Crippen LogP contribution in [0.5, 0.6) is 0 Å². The van der Waals surface area contributed by atoms with Gasteiger partial charge in [-0.1, -0.05) is 33.2 Å². The molecule has 0 radical (unpaired) electrons. The summed E-state index contributed by atoms with van der Waals surface area (Å²) < 4.78 is 6.46. The number of halogens is 1. The molecule has 2 aliphatic heterocycles. The number of morpholine rings is 1. The van der Waals surface area contributed by atoms with Crippen LogP contribution in [0, 0.1) is 0 Å². The van der Waals surface area contributed by atoms with Crippen LogP contribution in [0.2, 0.25) is 0 Å². The van der Waals surface area contributed by atoms with E-state index in [2.05, 4.69) is 42.4 Å². The minimum absolute atomic E-state index is 0.175. The van der Waals surface area contributed by atoms with Crippen molar-refractivity contribution in [2.24, 2.45) is 5.16 Å². The minimum Gasteiger partial charge on any atom is -0.382 e. The molecule has 0 spiro atoms. The third-order valence-corrected chi connectivity index (χ3v) is 5.27. The van der Waals surface area contributed by atoms with Gasteiger partial charge in [0.25, 0.3) is 5.91 Å². The van der Waals surface area contributed by atoms with E-state index in [9.17, 15) is 4.79 Å². The van der Waals surface area contributed by atoms with Gasteiger partial charge in [0.15, 0.2) is 0 Å². The number of carbonyl (C=O) groups excluding carboxylic acids is 1. The molecule has 0 bridgehead atoms. The number of nitrogens with one attached hydrogen (secondary N) is 1. The van der Waals surface area contributed by atoms with Gasteiger partial charge in [-0.15, -0.1) is 0 Å². The van der Waals surface area contributed by atoms with E-state index in [1.54, 1.807) is 6.20 Å². The molecule has 1 aromatic carbocycles. The number of ether oxygens (including phenoxy) is 1. The third-order valence-electron chi connectivity index (χ3n) is 4.77. The predicted molar refractivity (Wildman–Crippen MR) is 109 cm³/mol. The molecule has 1 N–H and O–H groups in total. The van der Waals surface area contributed by atoms with Crippen LogP contribution < -0.4 is 10.2 Å². The Morgan fingerprint density at radius 2 is 2.11 bits per heavy atom. The van der Waals surface area contributed by atoms with E-state index >= 15 is 0 Å². The number of hydrogen-bond donors (Lipinski definition) is 1. The lowest BCUT2D eigenvalue weighted by atomic mass is 10.1. The van der Waals surface area contributed by atoms with Gasteiger partial charge in [0.1, 0.15) is 5.71 Å². The standard InChI is InChI=1S/C20H21BrN4O3/c21-15-5-4-14(18(11-15)25-7-9-27-10-8-25)13-23-20(26)19-12-17(24-28-19)16-3-1-2-6-22-16/h1-6,11,19H,7-10,12-13H2,(H,23,26). The van der Waals surface area contributed by atoms with E-state index in [1.807, 2.05) is 30.3 Å². The molecule has 1 fully saturated rings. The lowest BCUT2D eigenvalue weighted by Crippen LogP contribution is -2.38. The van der Waals surface area contributed by atoms with E-state index in [0.717, 1.165) is 34.5 Å². The summed E-state index contributed by atoms with van der Waals surface area (Å²) in [6, 6.07) is 11.7. The van der Waals surface area contributed by atoms with Crippen molar-refractivity contribution in [3.63, 3.8) is 0 Å². The zero-order valence-electron chi connectivity index (χ0n) is 15.3. The molecule has 1 saturated heterocycles. The second-order valence-electron chi connectivity index (χ2n) is 6.64. The van der Waals surface area contributed by atoms with Crippen LogP contribution in [-0.2, 0) is 20.9 Å². The number of nitrogens with zero attached hydrogens (tertiary/aromatic N) is 3. The van der Waals surface area contributed by atoms with E-state index in [4.69, 9.17) is 9.57 Å². The van der Waals surface area contributed by atoms with Crippen molar-refractivity contribution < 1.29 is 14.4 Å². The molecular weight excluding hydrogens is 424 g/mol. The minimum atomic E-state index is -0.626. The summed E-state index contributed by atoms with van der Waals surface area (Å²) in [5.41, 5.74) is 3.59. The summed E-state index contributed by atoms with van der Waals surface area (Å²) >= 11 is 3.54. The summed E-state index contributed by atoms with van der Waals surface area (Å²) in [6.45, 7) is 3.52. The average molecular weight is 445 g/mol. The number of oxime groups is 1. The van der Waals surface area contributed by atoms with Crippen LogP contribution in [0.15, 0.2) is 52.2 Å². The first kappa shape index (κ1) is 18.9. The molecule has 7 nitrogen and oxygen atoms in total. The van der Waals surface area contributed by atoms with Gasteiger partial charge in [-0.3, -0.25) is 9.78 Å². The van der Waals surface area contributed by atoms with E-state index in [-0.39, 0.29) is 5.91 Å². The zero-order chi connectivity index (χ0) is 19.3. The summed E-state index contributed by atoms with van der Waals surface area (Å²) in [5.74, 6) is -0.175. The molecule has 2 aromatic rings. The number of amides is 1. The molecule has 2 aliphatic rings. The van der Waals surface area contributed by atoms with Crippen molar-refractivity contribution in [3.8, 4) is 0 Å². The number of benzene rings is 1. The number of rotatable bonds is 5. The normalized spacial score (nSPS) is 19.1. The Balaban J connectivity index is 1.38. The fraction of sp³-hybridized carbons (Fsp3) is 0.350. The van der Waals surface area contributed by atoms with Gasteiger partial charge in [0.05, 0.1) is 18.9 Å². The van der Waals surface area contributed by atoms with Gasteiger partial charge in [-0.05, 0) is 29.8 Å². The Morgan fingerprint density at radius 3 is 2.89 bits per heavy atom.